The predicted molar refractivity (Wildman–Crippen MR) is 73.7 cm³/mol. The lowest BCUT2D eigenvalue weighted by atomic mass is 9.78. The number of amides is 1. The highest BCUT2D eigenvalue weighted by Crippen LogP contribution is 2.44. The minimum absolute atomic E-state index is 0.161. The van der Waals surface area contributed by atoms with E-state index in [0.717, 1.165) is 6.42 Å². The van der Waals surface area contributed by atoms with Gasteiger partial charge >= 0.3 is 5.97 Å². The quantitative estimate of drug-likeness (QED) is 0.872. The van der Waals surface area contributed by atoms with Gasteiger partial charge in [-0.2, -0.15) is 0 Å². The van der Waals surface area contributed by atoms with Gasteiger partial charge in [0.15, 0.2) is 11.5 Å². The molecule has 0 unspecified atom stereocenters. The van der Waals surface area contributed by atoms with Crippen LogP contribution in [-0.2, 0) is 14.3 Å². The largest absolute Gasteiger partial charge is 0.481 e. The molecule has 0 saturated carbocycles. The van der Waals surface area contributed by atoms with E-state index in [9.17, 15) is 14.7 Å². The summed E-state index contributed by atoms with van der Waals surface area (Å²) >= 11 is 0. The minimum Gasteiger partial charge on any atom is -0.481 e. The second kappa shape index (κ2) is 4.88. The Balaban J connectivity index is 1.53. The normalized spacial score (nSPS) is 31.3. The molecule has 2 N–H and O–H groups in total. The molecule has 3 aliphatic heterocycles. The van der Waals surface area contributed by atoms with Crippen LogP contribution in [0.4, 0.5) is 5.69 Å². The lowest BCUT2D eigenvalue weighted by Gasteiger charge is -2.23. The van der Waals surface area contributed by atoms with Crippen LogP contribution in [0, 0.1) is 11.8 Å². The summed E-state index contributed by atoms with van der Waals surface area (Å²) in [5.41, 5.74) is 0.557. The number of hydrogen-bond donors (Lipinski definition) is 2. The van der Waals surface area contributed by atoms with Gasteiger partial charge in [-0.25, -0.2) is 0 Å². The summed E-state index contributed by atoms with van der Waals surface area (Å²) in [6.45, 7) is 0.161. The average molecular weight is 305 g/mol. The smallest absolute Gasteiger partial charge is 0.310 e. The van der Waals surface area contributed by atoms with Crippen LogP contribution >= 0.6 is 0 Å². The Morgan fingerprint density at radius 1 is 1.09 bits per heavy atom. The van der Waals surface area contributed by atoms with E-state index < -0.39 is 17.8 Å². The van der Waals surface area contributed by atoms with Crippen molar-refractivity contribution < 1.29 is 28.9 Å². The maximum atomic E-state index is 12.5. The Kier molecular flexibility index (Phi) is 2.97. The van der Waals surface area contributed by atoms with Crippen LogP contribution in [0.25, 0.3) is 0 Å². The summed E-state index contributed by atoms with van der Waals surface area (Å²) in [5.74, 6) is -1.52. The number of aliphatic carboxylic acids is 1. The summed E-state index contributed by atoms with van der Waals surface area (Å²) < 4.78 is 16.1. The predicted octanol–water partition coefficient (Wildman–Crippen LogP) is 1.23. The molecule has 4 rings (SSSR count). The third kappa shape index (κ3) is 2.00. The molecule has 1 amide bonds. The molecule has 1 aromatic carbocycles. The SMILES string of the molecule is O=C(Nc1ccc2c(c1)OCO2)[C@@H]1[C@H](C(=O)O)[C@H]2CC[C@H]1O2. The van der Waals surface area contributed by atoms with Crippen molar-refractivity contribution in [3.05, 3.63) is 18.2 Å². The molecule has 3 aliphatic rings. The van der Waals surface area contributed by atoms with Crippen molar-refractivity contribution in [2.24, 2.45) is 11.8 Å². The van der Waals surface area contributed by atoms with E-state index in [1.165, 1.54) is 0 Å². The first-order valence-corrected chi connectivity index (χ1v) is 7.22. The van der Waals surface area contributed by atoms with Crippen LogP contribution in [0.2, 0.25) is 0 Å². The number of ether oxygens (including phenoxy) is 3. The summed E-state index contributed by atoms with van der Waals surface area (Å²) in [4.78, 5) is 23.9. The third-order valence-electron chi connectivity index (χ3n) is 4.50. The van der Waals surface area contributed by atoms with E-state index in [0.29, 0.717) is 23.6 Å². The van der Waals surface area contributed by atoms with E-state index in [2.05, 4.69) is 5.32 Å². The number of rotatable bonds is 3. The van der Waals surface area contributed by atoms with Crippen LogP contribution < -0.4 is 14.8 Å². The summed E-state index contributed by atoms with van der Waals surface area (Å²) in [5, 5.41) is 12.1. The fourth-order valence-corrected chi connectivity index (χ4v) is 3.52. The Morgan fingerprint density at radius 2 is 1.82 bits per heavy atom. The number of carbonyl (C=O) groups excluding carboxylic acids is 1. The van der Waals surface area contributed by atoms with Gasteiger partial charge in [0, 0.05) is 11.8 Å². The van der Waals surface area contributed by atoms with Gasteiger partial charge in [-0.15, -0.1) is 0 Å². The standard InChI is InChI=1S/C15H15NO6/c17-14(12-9-3-4-10(22-9)13(12)15(18)19)16-7-1-2-8-11(5-7)21-6-20-8/h1-2,5,9-10,12-13H,3-4,6H2,(H,16,17)(H,18,19)/t9-,10-,12+,13-/m1/s1. The van der Waals surface area contributed by atoms with E-state index in [4.69, 9.17) is 14.2 Å². The van der Waals surface area contributed by atoms with E-state index in [1.807, 2.05) is 0 Å². The zero-order valence-electron chi connectivity index (χ0n) is 11.7. The number of carboxylic acid groups (broad SMARTS) is 1. The second-order valence-corrected chi connectivity index (χ2v) is 5.74. The van der Waals surface area contributed by atoms with E-state index in [1.54, 1.807) is 18.2 Å². The molecule has 7 heteroatoms. The van der Waals surface area contributed by atoms with Gasteiger partial charge in [0.1, 0.15) is 0 Å². The fraction of sp³-hybridized carbons (Fsp3) is 0.467. The molecule has 22 heavy (non-hydrogen) atoms. The molecule has 7 nitrogen and oxygen atoms in total. The van der Waals surface area contributed by atoms with Crippen molar-refractivity contribution >= 4 is 17.6 Å². The second-order valence-electron chi connectivity index (χ2n) is 5.74. The molecule has 1 aromatic rings. The molecule has 3 heterocycles. The molecular formula is C15H15NO6. The molecule has 2 bridgehead atoms. The number of benzene rings is 1. The number of fused-ring (bicyclic) bond motifs is 3. The average Bonchev–Trinajstić information content (AvgIpc) is 3.20. The van der Waals surface area contributed by atoms with Crippen LogP contribution in [-0.4, -0.2) is 36.0 Å². The monoisotopic (exact) mass is 305 g/mol. The Hall–Kier alpha value is -2.28. The summed E-state index contributed by atoms with van der Waals surface area (Å²) in [6.07, 6.45) is 0.776. The number of carboxylic acids is 1. The topological polar surface area (TPSA) is 94.1 Å². The maximum Gasteiger partial charge on any atom is 0.310 e. The molecule has 0 spiro atoms. The van der Waals surface area contributed by atoms with Gasteiger partial charge < -0.3 is 24.6 Å². The molecule has 2 fully saturated rings. The number of carbonyl (C=O) groups is 2. The van der Waals surface area contributed by atoms with Crippen molar-refractivity contribution in [1.29, 1.82) is 0 Å². The van der Waals surface area contributed by atoms with Gasteiger partial charge in [0.05, 0.1) is 24.0 Å². The minimum atomic E-state index is -0.974. The fourth-order valence-electron chi connectivity index (χ4n) is 3.52. The number of nitrogens with one attached hydrogen (secondary N) is 1. The maximum absolute atomic E-state index is 12.5. The van der Waals surface area contributed by atoms with Crippen LogP contribution in [0.1, 0.15) is 12.8 Å². The van der Waals surface area contributed by atoms with Crippen LogP contribution in [0.5, 0.6) is 11.5 Å². The highest BCUT2D eigenvalue weighted by atomic mass is 16.7. The first kappa shape index (κ1) is 13.4. The zero-order chi connectivity index (χ0) is 15.3. The van der Waals surface area contributed by atoms with Gasteiger partial charge in [-0.3, -0.25) is 9.59 Å². The lowest BCUT2D eigenvalue weighted by Crippen LogP contribution is -2.40. The molecular weight excluding hydrogens is 290 g/mol. The van der Waals surface area contributed by atoms with Crippen LogP contribution in [0.15, 0.2) is 18.2 Å². The Bertz CT molecular complexity index is 645. The van der Waals surface area contributed by atoms with E-state index in [-0.39, 0.29) is 24.9 Å². The van der Waals surface area contributed by atoms with Crippen molar-refractivity contribution in [2.45, 2.75) is 25.0 Å². The van der Waals surface area contributed by atoms with Crippen molar-refractivity contribution in [2.75, 3.05) is 12.1 Å². The Morgan fingerprint density at radius 3 is 2.59 bits per heavy atom. The molecule has 0 aliphatic carbocycles. The third-order valence-corrected chi connectivity index (χ3v) is 4.50. The van der Waals surface area contributed by atoms with Gasteiger partial charge in [-0.1, -0.05) is 0 Å². The zero-order valence-corrected chi connectivity index (χ0v) is 11.7. The van der Waals surface area contributed by atoms with Gasteiger partial charge in [-0.05, 0) is 25.0 Å². The summed E-state index contributed by atoms with van der Waals surface area (Å²) in [6, 6.07) is 5.09. The Labute approximate surface area is 126 Å². The molecule has 0 aromatic heterocycles. The highest BCUT2D eigenvalue weighted by molar-refractivity contribution is 5.96. The van der Waals surface area contributed by atoms with Crippen molar-refractivity contribution in [3.63, 3.8) is 0 Å². The van der Waals surface area contributed by atoms with Crippen molar-refractivity contribution in [1.82, 2.24) is 0 Å². The number of hydrogen-bond acceptors (Lipinski definition) is 5. The van der Waals surface area contributed by atoms with E-state index >= 15 is 0 Å². The lowest BCUT2D eigenvalue weighted by molar-refractivity contribution is -0.147. The summed E-state index contributed by atoms with van der Waals surface area (Å²) in [7, 11) is 0. The van der Waals surface area contributed by atoms with Crippen LogP contribution in [0.3, 0.4) is 0 Å². The van der Waals surface area contributed by atoms with Crippen molar-refractivity contribution in [3.8, 4) is 11.5 Å². The molecule has 116 valence electrons. The molecule has 0 radical (unpaired) electrons. The number of anilines is 1. The highest BCUT2D eigenvalue weighted by Gasteiger charge is 2.55. The van der Waals surface area contributed by atoms with Gasteiger partial charge in [0.25, 0.3) is 0 Å². The first-order chi connectivity index (χ1) is 10.6. The molecule has 2 saturated heterocycles. The van der Waals surface area contributed by atoms with Gasteiger partial charge in [0.2, 0.25) is 12.7 Å². The first-order valence-electron chi connectivity index (χ1n) is 7.22. The molecule has 4 atom stereocenters.